The number of carboxylic acids is 1. The lowest BCUT2D eigenvalue weighted by Gasteiger charge is -2.17. The van der Waals surface area contributed by atoms with Gasteiger partial charge in [-0.25, -0.2) is 9.18 Å². The molecule has 2 aromatic carbocycles. The number of para-hydroxylation sites is 1. The van der Waals surface area contributed by atoms with Crippen molar-refractivity contribution >= 4 is 28.9 Å². The third-order valence-corrected chi connectivity index (χ3v) is 6.59. The van der Waals surface area contributed by atoms with Gasteiger partial charge in [0.1, 0.15) is 11.9 Å². The summed E-state index contributed by atoms with van der Waals surface area (Å²) in [6, 6.07) is 13.2. The van der Waals surface area contributed by atoms with E-state index >= 15 is 0 Å². The van der Waals surface area contributed by atoms with Crippen LogP contribution in [-0.2, 0) is 9.59 Å². The van der Waals surface area contributed by atoms with E-state index in [1.807, 2.05) is 24.3 Å². The molecule has 0 fully saturated rings. The number of nitrogens with one attached hydrogen (secondary N) is 1. The standard InChI is InChI=1S/C30H38FN3O5/c1-19(2)34-26-9-4-3-7-24(26)29(20-10-12-21(31)13-11-20)27(34)15-14-22(35)17-23(36)18-28(37)33-25(30(38)39)8-5-6-16-32/h3-4,7,9-15,19,22-23,25,35-36H,5-6,8,16-18,32H2,1-2H3,(H,33,37)(H,38,39)/t22-,23-,25+/m0/s1. The summed E-state index contributed by atoms with van der Waals surface area (Å²) in [4.78, 5) is 23.7. The molecule has 3 rings (SSSR count). The van der Waals surface area contributed by atoms with E-state index in [1.165, 1.54) is 12.1 Å². The van der Waals surface area contributed by atoms with Crippen molar-refractivity contribution in [2.24, 2.45) is 5.73 Å². The van der Waals surface area contributed by atoms with E-state index in [0.29, 0.717) is 19.4 Å². The minimum Gasteiger partial charge on any atom is -0.480 e. The van der Waals surface area contributed by atoms with Crippen LogP contribution in [0.3, 0.4) is 0 Å². The van der Waals surface area contributed by atoms with E-state index in [9.17, 15) is 29.3 Å². The topological polar surface area (TPSA) is 138 Å². The van der Waals surface area contributed by atoms with Crippen molar-refractivity contribution in [3.63, 3.8) is 0 Å². The molecule has 0 aliphatic heterocycles. The van der Waals surface area contributed by atoms with Crippen LogP contribution in [0, 0.1) is 5.82 Å². The Morgan fingerprint density at radius 2 is 1.77 bits per heavy atom. The number of rotatable bonds is 14. The first kappa shape index (κ1) is 30.0. The first-order valence-electron chi connectivity index (χ1n) is 13.3. The summed E-state index contributed by atoms with van der Waals surface area (Å²) >= 11 is 0. The molecular formula is C30H38FN3O5. The van der Waals surface area contributed by atoms with Gasteiger partial charge in [-0.3, -0.25) is 4.79 Å². The van der Waals surface area contributed by atoms with Crippen LogP contribution in [-0.4, -0.2) is 56.6 Å². The van der Waals surface area contributed by atoms with Gasteiger partial charge in [-0.15, -0.1) is 0 Å². The number of nitrogens with two attached hydrogens (primary N) is 1. The number of nitrogens with zero attached hydrogens (tertiary/aromatic N) is 1. The zero-order valence-corrected chi connectivity index (χ0v) is 22.4. The third kappa shape index (κ3) is 7.98. The number of aromatic nitrogens is 1. The van der Waals surface area contributed by atoms with Crippen LogP contribution in [0.5, 0.6) is 0 Å². The maximum absolute atomic E-state index is 13.7. The zero-order chi connectivity index (χ0) is 28.5. The maximum atomic E-state index is 13.7. The summed E-state index contributed by atoms with van der Waals surface area (Å²) in [5.74, 6) is -2.07. The average molecular weight is 540 g/mol. The first-order chi connectivity index (χ1) is 18.6. The quantitative estimate of drug-likeness (QED) is 0.194. The molecule has 3 atom stereocenters. The number of fused-ring (bicyclic) bond motifs is 1. The highest BCUT2D eigenvalue weighted by Gasteiger charge is 2.22. The number of carbonyl (C=O) groups excluding carboxylic acids is 1. The number of unbranched alkanes of at least 4 members (excludes halogenated alkanes) is 1. The van der Waals surface area contributed by atoms with E-state index < -0.39 is 30.1 Å². The number of benzene rings is 2. The zero-order valence-electron chi connectivity index (χ0n) is 22.4. The van der Waals surface area contributed by atoms with E-state index in [-0.39, 0.29) is 31.1 Å². The smallest absolute Gasteiger partial charge is 0.326 e. The number of amides is 1. The summed E-state index contributed by atoms with van der Waals surface area (Å²) in [6.07, 6.45) is 2.14. The van der Waals surface area contributed by atoms with Crippen molar-refractivity contribution in [2.75, 3.05) is 6.54 Å². The Morgan fingerprint density at radius 3 is 2.41 bits per heavy atom. The Bertz CT molecular complexity index is 1290. The van der Waals surface area contributed by atoms with Crippen molar-refractivity contribution in [3.05, 3.63) is 66.1 Å². The Balaban J connectivity index is 1.77. The molecule has 0 bridgehead atoms. The molecule has 1 aromatic heterocycles. The molecule has 0 spiro atoms. The predicted octanol–water partition coefficient (Wildman–Crippen LogP) is 4.24. The number of carbonyl (C=O) groups is 2. The van der Waals surface area contributed by atoms with Crippen molar-refractivity contribution in [3.8, 4) is 11.1 Å². The Hall–Kier alpha value is -3.53. The van der Waals surface area contributed by atoms with Crippen molar-refractivity contribution in [2.45, 2.75) is 70.2 Å². The van der Waals surface area contributed by atoms with Gasteiger partial charge in [-0.2, -0.15) is 0 Å². The van der Waals surface area contributed by atoms with Gasteiger partial charge in [0.15, 0.2) is 0 Å². The monoisotopic (exact) mass is 539 g/mol. The van der Waals surface area contributed by atoms with Gasteiger partial charge in [0.25, 0.3) is 0 Å². The maximum Gasteiger partial charge on any atom is 0.326 e. The van der Waals surface area contributed by atoms with Gasteiger partial charge in [-0.1, -0.05) is 36.4 Å². The van der Waals surface area contributed by atoms with Gasteiger partial charge >= 0.3 is 5.97 Å². The lowest BCUT2D eigenvalue weighted by atomic mass is 10.0. The molecule has 0 saturated heterocycles. The second-order valence-electron chi connectivity index (χ2n) is 10.0. The van der Waals surface area contributed by atoms with Gasteiger partial charge in [0.05, 0.1) is 18.6 Å². The van der Waals surface area contributed by atoms with Crippen LogP contribution >= 0.6 is 0 Å². The van der Waals surface area contributed by atoms with Crippen molar-refractivity contribution in [1.82, 2.24) is 9.88 Å². The number of halogens is 1. The second-order valence-corrected chi connectivity index (χ2v) is 10.0. The third-order valence-electron chi connectivity index (χ3n) is 6.59. The number of hydrogen-bond donors (Lipinski definition) is 5. The highest BCUT2D eigenvalue weighted by molar-refractivity contribution is 6.01. The van der Waals surface area contributed by atoms with Gasteiger partial charge < -0.3 is 30.9 Å². The molecule has 39 heavy (non-hydrogen) atoms. The lowest BCUT2D eigenvalue weighted by molar-refractivity contribution is -0.142. The molecule has 0 saturated carbocycles. The van der Waals surface area contributed by atoms with Crippen LogP contribution < -0.4 is 11.1 Å². The molecule has 1 amide bonds. The molecule has 1 heterocycles. The number of aliphatic carboxylic acids is 1. The summed E-state index contributed by atoms with van der Waals surface area (Å²) in [7, 11) is 0. The molecule has 0 aliphatic carbocycles. The Labute approximate surface area is 227 Å². The molecule has 210 valence electrons. The fourth-order valence-electron chi connectivity index (χ4n) is 4.78. The number of hydrogen-bond acceptors (Lipinski definition) is 5. The molecule has 0 unspecified atom stereocenters. The number of aliphatic hydroxyl groups is 2. The predicted molar refractivity (Wildman–Crippen MR) is 150 cm³/mol. The largest absolute Gasteiger partial charge is 0.480 e. The molecule has 3 aromatic rings. The minimum atomic E-state index is -1.17. The van der Waals surface area contributed by atoms with E-state index in [4.69, 9.17) is 5.73 Å². The van der Waals surface area contributed by atoms with Gasteiger partial charge in [0.2, 0.25) is 5.91 Å². The fourth-order valence-corrected chi connectivity index (χ4v) is 4.78. The molecule has 6 N–H and O–H groups in total. The Morgan fingerprint density at radius 1 is 1.08 bits per heavy atom. The van der Waals surface area contributed by atoms with Crippen LogP contribution in [0.2, 0.25) is 0 Å². The summed E-state index contributed by atoms with van der Waals surface area (Å²) in [6.45, 7) is 4.54. The van der Waals surface area contributed by atoms with Crippen molar-refractivity contribution < 1.29 is 29.3 Å². The molecule has 0 aliphatic rings. The minimum absolute atomic E-state index is 0.0854. The molecule has 0 radical (unpaired) electrons. The molecule has 8 nitrogen and oxygen atoms in total. The Kier molecular flexibility index (Phi) is 10.8. The van der Waals surface area contributed by atoms with Crippen molar-refractivity contribution in [1.29, 1.82) is 0 Å². The highest BCUT2D eigenvalue weighted by atomic mass is 19.1. The summed E-state index contributed by atoms with van der Waals surface area (Å²) in [5.41, 5.74) is 8.99. The molecule has 9 heteroatoms. The van der Waals surface area contributed by atoms with E-state index in [2.05, 4.69) is 23.7 Å². The second kappa shape index (κ2) is 14.0. The van der Waals surface area contributed by atoms with E-state index in [0.717, 1.165) is 27.7 Å². The van der Waals surface area contributed by atoms with Gasteiger partial charge in [0, 0.05) is 34.6 Å². The SMILES string of the molecule is CC(C)n1c(C=C[C@H](O)C[C@H](O)CC(=O)N[C@H](CCCCN)C(=O)O)c(-c2ccc(F)cc2)c2ccccc21. The molecular weight excluding hydrogens is 501 g/mol. The van der Waals surface area contributed by atoms with E-state index in [1.54, 1.807) is 24.3 Å². The summed E-state index contributed by atoms with van der Waals surface area (Å²) in [5, 5.41) is 33.8. The van der Waals surface area contributed by atoms with Crippen LogP contribution in [0.4, 0.5) is 4.39 Å². The van der Waals surface area contributed by atoms with Crippen LogP contribution in [0.15, 0.2) is 54.6 Å². The fraction of sp³-hybridized carbons (Fsp3) is 0.400. The number of aliphatic hydroxyl groups excluding tert-OH is 2. The van der Waals surface area contributed by atoms with Crippen LogP contribution in [0.1, 0.15) is 57.7 Å². The lowest BCUT2D eigenvalue weighted by Crippen LogP contribution is -2.42. The highest BCUT2D eigenvalue weighted by Crippen LogP contribution is 2.38. The van der Waals surface area contributed by atoms with Gasteiger partial charge in [-0.05, 0) is 69.5 Å². The average Bonchev–Trinajstić information content (AvgIpc) is 3.21. The summed E-state index contributed by atoms with van der Waals surface area (Å²) < 4.78 is 15.8. The first-order valence-corrected chi connectivity index (χ1v) is 13.3. The van der Waals surface area contributed by atoms with Crippen LogP contribution in [0.25, 0.3) is 28.1 Å². The normalized spacial score (nSPS) is 14.1. The number of carboxylic acid groups (broad SMARTS) is 1.